The molecule has 1 saturated heterocycles. The van der Waals surface area contributed by atoms with Gasteiger partial charge in [0.25, 0.3) is 5.56 Å². The number of piperidine rings is 1. The predicted molar refractivity (Wildman–Crippen MR) is 93.9 cm³/mol. The van der Waals surface area contributed by atoms with Crippen molar-refractivity contribution in [2.24, 2.45) is 17.8 Å². The van der Waals surface area contributed by atoms with Crippen molar-refractivity contribution < 1.29 is 4.79 Å². The number of aromatic nitrogens is 2. The molecule has 4 rings (SSSR count). The van der Waals surface area contributed by atoms with Crippen molar-refractivity contribution >= 4 is 27.5 Å². The van der Waals surface area contributed by atoms with E-state index in [9.17, 15) is 9.59 Å². The summed E-state index contributed by atoms with van der Waals surface area (Å²) >= 11 is 1.39. The second kappa shape index (κ2) is 6.29. The number of aromatic amines is 1. The average molecular weight is 346 g/mol. The van der Waals surface area contributed by atoms with Gasteiger partial charge in [-0.05, 0) is 55.6 Å². The Morgan fingerprint density at radius 3 is 3.00 bits per heavy atom. The Bertz CT molecular complexity index is 808. The SMILES string of the molecule is CN(Cc1nc2ccsc2c(=O)[nH]1)C(=O)[C@@H]1C[C@H]1C1CCNCC1. The molecule has 2 fully saturated rings. The quantitative estimate of drug-likeness (QED) is 0.881. The lowest BCUT2D eigenvalue weighted by molar-refractivity contribution is -0.132. The zero-order valence-corrected chi connectivity index (χ0v) is 14.6. The highest BCUT2D eigenvalue weighted by Gasteiger charge is 2.48. The zero-order chi connectivity index (χ0) is 16.7. The maximum atomic E-state index is 12.7. The molecule has 0 unspecified atom stereocenters. The van der Waals surface area contributed by atoms with Gasteiger partial charge in [-0.15, -0.1) is 11.3 Å². The van der Waals surface area contributed by atoms with Gasteiger partial charge in [-0.3, -0.25) is 9.59 Å². The van der Waals surface area contributed by atoms with Crippen molar-refractivity contribution in [3.63, 3.8) is 0 Å². The maximum absolute atomic E-state index is 12.7. The fourth-order valence-electron chi connectivity index (χ4n) is 3.87. The van der Waals surface area contributed by atoms with Crippen LogP contribution in [0.4, 0.5) is 0 Å². The first kappa shape index (κ1) is 15.8. The standard InChI is InChI=1S/C17H22N4O2S/c1-21(9-14-19-13-4-7-24-15(13)16(22)20-14)17(23)12-8-11(12)10-2-5-18-6-3-10/h4,7,10-12,18H,2-3,5-6,8-9H2,1H3,(H,19,20,22)/t11-,12+/m0/s1. The molecule has 0 aromatic carbocycles. The van der Waals surface area contributed by atoms with Gasteiger partial charge < -0.3 is 15.2 Å². The fourth-order valence-corrected chi connectivity index (χ4v) is 4.60. The van der Waals surface area contributed by atoms with Crippen LogP contribution >= 0.6 is 11.3 Å². The minimum atomic E-state index is -0.121. The van der Waals surface area contributed by atoms with Gasteiger partial charge in [-0.2, -0.15) is 0 Å². The van der Waals surface area contributed by atoms with E-state index >= 15 is 0 Å². The Hall–Kier alpha value is -1.73. The summed E-state index contributed by atoms with van der Waals surface area (Å²) < 4.78 is 0.640. The molecule has 0 radical (unpaired) electrons. The van der Waals surface area contributed by atoms with Gasteiger partial charge in [0.05, 0.1) is 12.1 Å². The number of amides is 1. The number of fused-ring (bicyclic) bond motifs is 1. The van der Waals surface area contributed by atoms with Crippen LogP contribution in [0.1, 0.15) is 25.1 Å². The summed E-state index contributed by atoms with van der Waals surface area (Å²) in [6.45, 7) is 2.50. The molecular weight excluding hydrogens is 324 g/mol. The summed E-state index contributed by atoms with van der Waals surface area (Å²) in [4.78, 5) is 33.6. The van der Waals surface area contributed by atoms with E-state index in [0.29, 0.717) is 34.4 Å². The van der Waals surface area contributed by atoms with E-state index in [1.54, 1.807) is 11.9 Å². The third-order valence-electron chi connectivity index (χ3n) is 5.27. The fraction of sp³-hybridized carbons (Fsp3) is 0.588. The van der Waals surface area contributed by atoms with E-state index < -0.39 is 0 Å². The third kappa shape index (κ3) is 2.98. The molecule has 2 aromatic rings. The molecule has 1 amide bonds. The summed E-state index contributed by atoms with van der Waals surface area (Å²) in [7, 11) is 1.80. The molecular formula is C17H22N4O2S. The summed E-state index contributed by atoms with van der Waals surface area (Å²) in [5.41, 5.74) is 0.587. The molecule has 1 saturated carbocycles. The number of rotatable bonds is 4. The summed E-state index contributed by atoms with van der Waals surface area (Å²) in [6, 6.07) is 1.84. The lowest BCUT2D eigenvalue weighted by Gasteiger charge is -2.23. The number of hydrogen-bond acceptors (Lipinski definition) is 5. The number of carbonyl (C=O) groups is 1. The van der Waals surface area contributed by atoms with Gasteiger partial charge >= 0.3 is 0 Å². The van der Waals surface area contributed by atoms with Crippen LogP contribution in [0.2, 0.25) is 0 Å². The van der Waals surface area contributed by atoms with Crippen LogP contribution in [0.15, 0.2) is 16.2 Å². The minimum Gasteiger partial charge on any atom is -0.338 e. The number of hydrogen-bond donors (Lipinski definition) is 2. The van der Waals surface area contributed by atoms with Crippen molar-refractivity contribution in [3.05, 3.63) is 27.6 Å². The van der Waals surface area contributed by atoms with Crippen LogP contribution in [0.5, 0.6) is 0 Å². The van der Waals surface area contributed by atoms with Crippen LogP contribution in [0.25, 0.3) is 10.2 Å². The predicted octanol–water partition coefficient (Wildman–Crippen LogP) is 1.58. The van der Waals surface area contributed by atoms with Crippen molar-refractivity contribution in [2.45, 2.75) is 25.8 Å². The van der Waals surface area contributed by atoms with E-state index in [1.165, 1.54) is 24.2 Å². The van der Waals surface area contributed by atoms with Crippen molar-refractivity contribution in [1.82, 2.24) is 20.2 Å². The van der Waals surface area contributed by atoms with E-state index in [0.717, 1.165) is 19.5 Å². The lowest BCUT2D eigenvalue weighted by Crippen LogP contribution is -2.32. The van der Waals surface area contributed by atoms with Gasteiger partial charge in [0.2, 0.25) is 5.91 Å². The number of nitrogens with zero attached hydrogens (tertiary/aromatic N) is 2. The van der Waals surface area contributed by atoms with Gasteiger partial charge in [-0.25, -0.2) is 4.98 Å². The zero-order valence-electron chi connectivity index (χ0n) is 13.7. The van der Waals surface area contributed by atoms with E-state index in [1.807, 2.05) is 11.4 Å². The number of thiophene rings is 1. The number of H-pyrrole nitrogens is 1. The lowest BCUT2D eigenvalue weighted by atomic mass is 9.92. The van der Waals surface area contributed by atoms with Crippen LogP contribution in [-0.2, 0) is 11.3 Å². The molecule has 24 heavy (non-hydrogen) atoms. The van der Waals surface area contributed by atoms with Crippen LogP contribution < -0.4 is 10.9 Å². The third-order valence-corrected chi connectivity index (χ3v) is 6.18. The highest BCUT2D eigenvalue weighted by Crippen LogP contribution is 2.48. The van der Waals surface area contributed by atoms with Crippen LogP contribution in [-0.4, -0.2) is 40.9 Å². The first-order valence-corrected chi connectivity index (χ1v) is 9.43. The topological polar surface area (TPSA) is 78.1 Å². The van der Waals surface area contributed by atoms with Crippen molar-refractivity contribution in [1.29, 1.82) is 0 Å². The largest absolute Gasteiger partial charge is 0.338 e. The van der Waals surface area contributed by atoms with Crippen LogP contribution in [0, 0.1) is 17.8 Å². The molecule has 3 heterocycles. The van der Waals surface area contributed by atoms with Gasteiger partial charge in [-0.1, -0.05) is 0 Å². The van der Waals surface area contributed by atoms with E-state index in [2.05, 4.69) is 15.3 Å². The Kier molecular flexibility index (Phi) is 4.14. The average Bonchev–Trinajstić information content (AvgIpc) is 3.24. The van der Waals surface area contributed by atoms with Gasteiger partial charge in [0.15, 0.2) is 0 Å². The highest BCUT2D eigenvalue weighted by atomic mass is 32.1. The second-order valence-electron chi connectivity index (χ2n) is 6.94. The molecule has 2 aromatic heterocycles. The molecule has 1 aliphatic carbocycles. The minimum absolute atomic E-state index is 0.121. The second-order valence-corrected chi connectivity index (χ2v) is 7.85. The normalized spacial score (nSPS) is 24.2. The summed E-state index contributed by atoms with van der Waals surface area (Å²) in [5, 5.41) is 5.24. The van der Waals surface area contributed by atoms with Crippen molar-refractivity contribution in [3.8, 4) is 0 Å². The van der Waals surface area contributed by atoms with Gasteiger partial charge in [0.1, 0.15) is 10.5 Å². The first-order chi connectivity index (χ1) is 11.6. The molecule has 2 atom stereocenters. The first-order valence-electron chi connectivity index (χ1n) is 8.55. The van der Waals surface area contributed by atoms with Crippen LogP contribution in [0.3, 0.4) is 0 Å². The smallest absolute Gasteiger partial charge is 0.268 e. The van der Waals surface area contributed by atoms with Gasteiger partial charge in [0, 0.05) is 13.0 Å². The Morgan fingerprint density at radius 2 is 2.21 bits per heavy atom. The molecule has 2 N–H and O–H groups in total. The number of carbonyl (C=O) groups excluding carboxylic acids is 1. The summed E-state index contributed by atoms with van der Waals surface area (Å²) in [5.74, 6) is 2.14. The molecule has 7 heteroatoms. The Labute approximate surface area is 144 Å². The Morgan fingerprint density at radius 1 is 1.42 bits per heavy atom. The summed E-state index contributed by atoms with van der Waals surface area (Å²) in [6.07, 6.45) is 3.38. The number of nitrogens with one attached hydrogen (secondary N) is 2. The maximum Gasteiger partial charge on any atom is 0.268 e. The highest BCUT2D eigenvalue weighted by molar-refractivity contribution is 7.17. The van der Waals surface area contributed by atoms with E-state index in [4.69, 9.17) is 0 Å². The monoisotopic (exact) mass is 346 g/mol. The molecule has 6 nitrogen and oxygen atoms in total. The Balaban J connectivity index is 1.41. The molecule has 0 bridgehead atoms. The molecule has 2 aliphatic rings. The van der Waals surface area contributed by atoms with Crippen molar-refractivity contribution in [2.75, 3.05) is 20.1 Å². The molecule has 1 aliphatic heterocycles. The van der Waals surface area contributed by atoms with E-state index in [-0.39, 0.29) is 17.4 Å². The molecule has 0 spiro atoms. The molecule has 128 valence electrons.